The second-order valence-electron chi connectivity index (χ2n) is 4.93. The fraction of sp³-hybridized carbons (Fsp3) is 0.188. The second-order valence-corrected chi connectivity index (χ2v) is 5.37. The van der Waals surface area contributed by atoms with Crippen molar-refractivity contribution in [3.8, 4) is 0 Å². The molecule has 1 atom stereocenters. The summed E-state index contributed by atoms with van der Waals surface area (Å²) in [7, 11) is 1.79. The number of amides is 1. The summed E-state index contributed by atoms with van der Waals surface area (Å²) in [6, 6.07) is 15.1. The quantitative estimate of drug-likeness (QED) is 0.918. The number of carbonyl (C=O) groups excluding carboxylic acids is 1. The minimum Gasteiger partial charge on any atom is -0.373 e. The van der Waals surface area contributed by atoms with E-state index in [9.17, 15) is 4.79 Å². The van der Waals surface area contributed by atoms with Crippen molar-refractivity contribution in [1.82, 2.24) is 0 Å². The first-order valence-corrected chi connectivity index (χ1v) is 6.90. The van der Waals surface area contributed by atoms with Crippen LogP contribution < -0.4 is 10.2 Å². The van der Waals surface area contributed by atoms with E-state index >= 15 is 0 Å². The van der Waals surface area contributed by atoms with Crippen LogP contribution in [0.4, 0.5) is 11.4 Å². The maximum Gasteiger partial charge on any atom is 0.249 e. The van der Waals surface area contributed by atoms with Crippen LogP contribution in [0.25, 0.3) is 0 Å². The van der Waals surface area contributed by atoms with Gasteiger partial charge in [-0.05, 0) is 35.9 Å². The highest BCUT2D eigenvalue weighted by molar-refractivity contribution is 6.30. The van der Waals surface area contributed by atoms with Crippen LogP contribution in [0.1, 0.15) is 5.56 Å². The van der Waals surface area contributed by atoms with Crippen molar-refractivity contribution in [2.75, 3.05) is 17.3 Å². The van der Waals surface area contributed by atoms with Crippen molar-refractivity contribution in [3.05, 3.63) is 59.1 Å². The van der Waals surface area contributed by atoms with Crippen LogP contribution in [0, 0.1) is 0 Å². The molecule has 0 saturated carbocycles. The molecule has 20 heavy (non-hydrogen) atoms. The average Bonchev–Trinajstić information content (AvgIpc) is 2.90. The number of anilines is 2. The third-order valence-corrected chi connectivity index (χ3v) is 3.87. The minimum atomic E-state index is -0.201. The Bertz CT molecular complexity index is 614. The van der Waals surface area contributed by atoms with Gasteiger partial charge in [0.1, 0.15) is 6.04 Å². The van der Waals surface area contributed by atoms with Gasteiger partial charge < -0.3 is 10.2 Å². The summed E-state index contributed by atoms with van der Waals surface area (Å²) >= 11 is 5.87. The molecule has 0 spiro atoms. The van der Waals surface area contributed by atoms with Crippen LogP contribution in [0.2, 0.25) is 5.02 Å². The molecule has 102 valence electrons. The number of nitrogens with zero attached hydrogens (tertiary/aromatic N) is 1. The smallest absolute Gasteiger partial charge is 0.249 e. The molecule has 3 rings (SSSR count). The summed E-state index contributed by atoms with van der Waals surface area (Å²) in [5.41, 5.74) is 3.09. The third-order valence-electron chi connectivity index (χ3n) is 3.61. The molecule has 4 heteroatoms. The van der Waals surface area contributed by atoms with E-state index in [1.807, 2.05) is 30.3 Å². The van der Waals surface area contributed by atoms with Crippen LogP contribution in [0.3, 0.4) is 0 Å². The van der Waals surface area contributed by atoms with Crippen LogP contribution in [-0.2, 0) is 11.2 Å². The number of halogens is 1. The van der Waals surface area contributed by atoms with Gasteiger partial charge in [0.05, 0.1) is 0 Å². The van der Waals surface area contributed by atoms with E-state index in [0.717, 1.165) is 17.8 Å². The molecule has 2 aromatic rings. The Morgan fingerprint density at radius 1 is 1.20 bits per heavy atom. The van der Waals surface area contributed by atoms with E-state index in [4.69, 9.17) is 11.6 Å². The fourth-order valence-corrected chi connectivity index (χ4v) is 2.60. The van der Waals surface area contributed by atoms with E-state index in [0.29, 0.717) is 5.02 Å². The topological polar surface area (TPSA) is 32.3 Å². The van der Waals surface area contributed by atoms with E-state index in [-0.39, 0.29) is 11.9 Å². The maximum atomic E-state index is 12.5. The van der Waals surface area contributed by atoms with Gasteiger partial charge in [-0.25, -0.2) is 0 Å². The molecule has 1 unspecified atom stereocenters. The van der Waals surface area contributed by atoms with Crippen LogP contribution in [0.15, 0.2) is 48.5 Å². The van der Waals surface area contributed by atoms with Crippen LogP contribution >= 0.6 is 11.6 Å². The van der Waals surface area contributed by atoms with Gasteiger partial charge in [0.2, 0.25) is 5.91 Å². The molecule has 1 N–H and O–H groups in total. The van der Waals surface area contributed by atoms with Gasteiger partial charge in [0.25, 0.3) is 0 Å². The summed E-state index contributed by atoms with van der Waals surface area (Å²) < 4.78 is 0. The van der Waals surface area contributed by atoms with Gasteiger partial charge in [-0.3, -0.25) is 4.79 Å². The zero-order valence-corrected chi connectivity index (χ0v) is 11.9. The summed E-state index contributed by atoms with van der Waals surface area (Å²) in [6.07, 6.45) is 0.729. The molecule has 1 aliphatic heterocycles. The van der Waals surface area contributed by atoms with Gasteiger partial charge in [0, 0.05) is 29.9 Å². The molecule has 1 aliphatic rings. The number of rotatable bonds is 2. The molecule has 0 aliphatic carbocycles. The lowest BCUT2D eigenvalue weighted by atomic mass is 10.1. The zero-order valence-electron chi connectivity index (χ0n) is 11.1. The minimum absolute atomic E-state index is 0.0588. The molecular formula is C16H15ClN2O. The number of hydrogen-bond donors (Lipinski definition) is 1. The van der Waals surface area contributed by atoms with E-state index in [1.54, 1.807) is 24.1 Å². The Hall–Kier alpha value is -2.00. The summed E-state index contributed by atoms with van der Waals surface area (Å²) in [4.78, 5) is 14.2. The van der Waals surface area contributed by atoms with Gasteiger partial charge in [0.15, 0.2) is 0 Å². The normalized spacial score (nSPS) is 16.4. The molecule has 0 bridgehead atoms. The summed E-state index contributed by atoms with van der Waals surface area (Å²) in [6.45, 7) is 0. The van der Waals surface area contributed by atoms with E-state index in [2.05, 4.69) is 11.4 Å². The first-order valence-electron chi connectivity index (χ1n) is 6.53. The highest BCUT2D eigenvalue weighted by atomic mass is 35.5. The molecule has 0 aromatic heterocycles. The highest BCUT2D eigenvalue weighted by Crippen LogP contribution is 2.27. The first kappa shape index (κ1) is 13.0. The van der Waals surface area contributed by atoms with E-state index in [1.165, 1.54) is 5.56 Å². The predicted octanol–water partition coefficient (Wildman–Crippen LogP) is 3.34. The van der Waals surface area contributed by atoms with Crippen molar-refractivity contribution in [3.63, 3.8) is 0 Å². The highest BCUT2D eigenvalue weighted by Gasteiger charge is 2.28. The number of carbonyl (C=O) groups is 1. The molecule has 1 heterocycles. The number of nitrogens with one attached hydrogen (secondary N) is 1. The van der Waals surface area contributed by atoms with Crippen molar-refractivity contribution >= 4 is 28.9 Å². The maximum absolute atomic E-state index is 12.5. The van der Waals surface area contributed by atoms with Gasteiger partial charge in [-0.15, -0.1) is 0 Å². The van der Waals surface area contributed by atoms with Gasteiger partial charge in [-0.2, -0.15) is 0 Å². The van der Waals surface area contributed by atoms with Crippen molar-refractivity contribution in [2.24, 2.45) is 0 Å². The molecular weight excluding hydrogens is 272 g/mol. The van der Waals surface area contributed by atoms with Crippen molar-refractivity contribution < 1.29 is 4.79 Å². The lowest BCUT2D eigenvalue weighted by Crippen LogP contribution is -2.39. The molecule has 3 nitrogen and oxygen atoms in total. The Morgan fingerprint density at radius 3 is 2.60 bits per heavy atom. The Morgan fingerprint density at radius 2 is 1.90 bits per heavy atom. The molecule has 2 aromatic carbocycles. The van der Waals surface area contributed by atoms with Crippen LogP contribution in [0.5, 0.6) is 0 Å². The monoisotopic (exact) mass is 286 g/mol. The van der Waals surface area contributed by atoms with E-state index < -0.39 is 0 Å². The van der Waals surface area contributed by atoms with Crippen LogP contribution in [-0.4, -0.2) is 19.0 Å². The number of benzene rings is 2. The standard InChI is InChI=1S/C16H15ClN2O/c1-19(13-8-6-12(17)7-9-13)16(20)15-10-11-4-2-3-5-14(11)18-15/h2-9,15,18H,10H2,1H3. The first-order chi connectivity index (χ1) is 9.65. The fourth-order valence-electron chi connectivity index (χ4n) is 2.47. The molecule has 0 radical (unpaired) electrons. The zero-order chi connectivity index (χ0) is 14.1. The Kier molecular flexibility index (Phi) is 3.36. The summed E-state index contributed by atoms with van der Waals surface area (Å²) in [5, 5.41) is 3.95. The van der Waals surface area contributed by atoms with Crippen molar-refractivity contribution in [2.45, 2.75) is 12.5 Å². The summed E-state index contributed by atoms with van der Waals surface area (Å²) in [5.74, 6) is 0.0588. The lowest BCUT2D eigenvalue weighted by molar-refractivity contribution is -0.118. The third kappa shape index (κ3) is 2.37. The molecule has 0 fully saturated rings. The number of hydrogen-bond acceptors (Lipinski definition) is 2. The number of fused-ring (bicyclic) bond motifs is 1. The molecule has 1 amide bonds. The Balaban J connectivity index is 1.76. The second kappa shape index (κ2) is 5.17. The number of likely N-dealkylation sites (N-methyl/N-ethyl adjacent to an activating group) is 1. The molecule has 0 saturated heterocycles. The average molecular weight is 287 g/mol. The van der Waals surface area contributed by atoms with Gasteiger partial charge >= 0.3 is 0 Å². The Labute approximate surface area is 123 Å². The van der Waals surface area contributed by atoms with Crippen molar-refractivity contribution in [1.29, 1.82) is 0 Å². The van der Waals surface area contributed by atoms with Gasteiger partial charge in [-0.1, -0.05) is 29.8 Å². The number of para-hydroxylation sites is 1. The lowest BCUT2D eigenvalue weighted by Gasteiger charge is -2.21. The SMILES string of the molecule is CN(C(=O)C1Cc2ccccc2N1)c1ccc(Cl)cc1. The largest absolute Gasteiger partial charge is 0.373 e. The predicted molar refractivity (Wildman–Crippen MR) is 82.4 cm³/mol.